The maximum absolute atomic E-state index is 10.7. The summed E-state index contributed by atoms with van der Waals surface area (Å²) in [7, 11) is 0. The second-order valence-electron chi connectivity index (χ2n) is 4.33. The Morgan fingerprint density at radius 3 is 2.10 bits per heavy atom. The molecule has 0 fully saturated rings. The van der Waals surface area contributed by atoms with Crippen LogP contribution in [0.4, 0.5) is 17.1 Å². The highest BCUT2D eigenvalue weighted by molar-refractivity contribution is 5.82. The van der Waals surface area contributed by atoms with Gasteiger partial charge in [0.05, 0.1) is 15.5 Å². The van der Waals surface area contributed by atoms with E-state index in [1.165, 1.54) is 30.5 Å². The number of nitro benzene ring substituents is 2. The van der Waals surface area contributed by atoms with E-state index in [1.54, 1.807) is 25.1 Å². The minimum Gasteiger partial charge on any atom is -0.258 e. The number of aliphatic imine (C=N–C) groups is 1. The summed E-state index contributed by atoms with van der Waals surface area (Å²) in [6, 6.07) is 10.3. The van der Waals surface area contributed by atoms with Crippen molar-refractivity contribution in [1.29, 1.82) is 0 Å². The molecule has 21 heavy (non-hydrogen) atoms. The van der Waals surface area contributed by atoms with Crippen molar-refractivity contribution in [3.63, 3.8) is 0 Å². The highest BCUT2D eigenvalue weighted by Crippen LogP contribution is 2.24. The van der Waals surface area contributed by atoms with Gasteiger partial charge in [0.25, 0.3) is 11.4 Å². The summed E-state index contributed by atoms with van der Waals surface area (Å²) in [6.45, 7) is 1.80. The average molecular weight is 285 g/mol. The van der Waals surface area contributed by atoms with Gasteiger partial charge in [0.15, 0.2) is 0 Å². The van der Waals surface area contributed by atoms with Crippen LogP contribution in [0.1, 0.15) is 11.1 Å². The Hall–Kier alpha value is -3.09. The van der Waals surface area contributed by atoms with Gasteiger partial charge in [-0.1, -0.05) is 6.07 Å². The number of rotatable bonds is 4. The molecule has 0 unspecified atom stereocenters. The van der Waals surface area contributed by atoms with E-state index in [0.29, 0.717) is 11.3 Å². The first-order valence-corrected chi connectivity index (χ1v) is 6.01. The number of hydrogen-bond acceptors (Lipinski definition) is 5. The van der Waals surface area contributed by atoms with Crippen molar-refractivity contribution in [2.45, 2.75) is 6.92 Å². The maximum Gasteiger partial charge on any atom is 0.271 e. The monoisotopic (exact) mass is 285 g/mol. The fraction of sp³-hybridized carbons (Fsp3) is 0.0714. The van der Waals surface area contributed by atoms with Crippen molar-refractivity contribution in [3.8, 4) is 0 Å². The van der Waals surface area contributed by atoms with E-state index >= 15 is 0 Å². The third-order valence-corrected chi connectivity index (χ3v) is 2.86. The molecule has 0 atom stereocenters. The third kappa shape index (κ3) is 3.47. The summed E-state index contributed by atoms with van der Waals surface area (Å²) < 4.78 is 0. The summed E-state index contributed by atoms with van der Waals surface area (Å²) in [5.41, 5.74) is 1.93. The number of nitrogens with zero attached hydrogens (tertiary/aromatic N) is 3. The van der Waals surface area contributed by atoms with Crippen molar-refractivity contribution in [2.75, 3.05) is 0 Å². The predicted molar refractivity (Wildman–Crippen MR) is 78.2 cm³/mol. The second-order valence-corrected chi connectivity index (χ2v) is 4.33. The van der Waals surface area contributed by atoms with E-state index in [0.717, 1.165) is 5.56 Å². The van der Waals surface area contributed by atoms with Gasteiger partial charge in [0.2, 0.25) is 0 Å². The molecule has 0 heterocycles. The van der Waals surface area contributed by atoms with E-state index in [9.17, 15) is 20.2 Å². The van der Waals surface area contributed by atoms with Crippen LogP contribution in [0.15, 0.2) is 47.5 Å². The molecule has 0 aromatic heterocycles. The molecule has 0 saturated carbocycles. The van der Waals surface area contributed by atoms with Gasteiger partial charge in [-0.15, -0.1) is 0 Å². The van der Waals surface area contributed by atoms with Crippen LogP contribution in [-0.2, 0) is 0 Å². The fourth-order valence-electron chi connectivity index (χ4n) is 1.68. The Balaban J connectivity index is 2.26. The zero-order chi connectivity index (χ0) is 15.4. The van der Waals surface area contributed by atoms with E-state index in [2.05, 4.69) is 4.99 Å². The lowest BCUT2D eigenvalue weighted by Gasteiger charge is -2.00. The van der Waals surface area contributed by atoms with Crippen LogP contribution in [0.25, 0.3) is 0 Å². The molecule has 0 amide bonds. The van der Waals surface area contributed by atoms with Crippen LogP contribution >= 0.6 is 0 Å². The highest BCUT2D eigenvalue weighted by Gasteiger charge is 2.07. The van der Waals surface area contributed by atoms with Gasteiger partial charge >= 0.3 is 0 Å². The van der Waals surface area contributed by atoms with Crippen molar-refractivity contribution in [2.24, 2.45) is 4.99 Å². The zero-order valence-corrected chi connectivity index (χ0v) is 11.1. The van der Waals surface area contributed by atoms with Crippen molar-refractivity contribution in [1.82, 2.24) is 0 Å². The second kappa shape index (κ2) is 5.91. The zero-order valence-electron chi connectivity index (χ0n) is 11.1. The first kappa shape index (κ1) is 14.3. The molecule has 2 aromatic rings. The molecule has 0 aliphatic carbocycles. The van der Waals surface area contributed by atoms with E-state index in [-0.39, 0.29) is 11.4 Å². The number of aryl methyl sites for hydroxylation is 1. The average Bonchev–Trinajstić information content (AvgIpc) is 2.46. The minimum absolute atomic E-state index is 0.00122. The molecule has 7 nitrogen and oxygen atoms in total. The van der Waals surface area contributed by atoms with Gasteiger partial charge in [-0.2, -0.15) is 0 Å². The lowest BCUT2D eigenvalue weighted by atomic mass is 10.2. The largest absolute Gasteiger partial charge is 0.271 e. The summed E-state index contributed by atoms with van der Waals surface area (Å²) in [5.74, 6) is 0. The van der Waals surface area contributed by atoms with Gasteiger partial charge in [-0.25, -0.2) is 0 Å². The molecule has 0 aliphatic heterocycles. The van der Waals surface area contributed by atoms with Crippen LogP contribution in [0.2, 0.25) is 0 Å². The molecule has 106 valence electrons. The van der Waals surface area contributed by atoms with E-state index < -0.39 is 9.85 Å². The van der Waals surface area contributed by atoms with Gasteiger partial charge < -0.3 is 0 Å². The standard InChI is InChI=1S/C14H11N3O4/c1-10-2-5-13(17(20)21)8-14(10)15-9-11-3-6-12(7-4-11)16(18)19/h2-9H,1H3. The van der Waals surface area contributed by atoms with Crippen molar-refractivity contribution < 1.29 is 9.85 Å². The lowest BCUT2D eigenvalue weighted by molar-refractivity contribution is -0.385. The molecule has 0 radical (unpaired) electrons. The number of non-ortho nitro benzene ring substituents is 2. The highest BCUT2D eigenvalue weighted by atomic mass is 16.6. The summed E-state index contributed by atoms with van der Waals surface area (Å²) in [6.07, 6.45) is 1.51. The molecule has 0 saturated heterocycles. The summed E-state index contributed by atoms with van der Waals surface area (Å²) in [4.78, 5) is 24.5. The quantitative estimate of drug-likeness (QED) is 0.487. The number of hydrogen-bond donors (Lipinski definition) is 0. The molecule has 0 aliphatic rings. The molecule has 0 N–H and O–H groups in total. The van der Waals surface area contributed by atoms with Gasteiger partial charge in [-0.3, -0.25) is 25.2 Å². The summed E-state index contributed by atoms with van der Waals surface area (Å²) >= 11 is 0. The Labute approximate surface area is 119 Å². The fourth-order valence-corrected chi connectivity index (χ4v) is 1.68. The van der Waals surface area contributed by atoms with Gasteiger partial charge in [-0.05, 0) is 30.2 Å². The van der Waals surface area contributed by atoms with Crippen LogP contribution in [-0.4, -0.2) is 16.1 Å². The van der Waals surface area contributed by atoms with E-state index in [1.807, 2.05) is 0 Å². The SMILES string of the molecule is Cc1ccc([N+](=O)[O-])cc1N=Cc1ccc([N+](=O)[O-])cc1. The lowest BCUT2D eigenvalue weighted by Crippen LogP contribution is -1.89. The molecular weight excluding hydrogens is 274 g/mol. The van der Waals surface area contributed by atoms with Crippen LogP contribution in [0.3, 0.4) is 0 Å². The Morgan fingerprint density at radius 2 is 1.52 bits per heavy atom. The van der Waals surface area contributed by atoms with Crippen molar-refractivity contribution in [3.05, 3.63) is 73.8 Å². The first-order chi connectivity index (χ1) is 9.97. The number of benzene rings is 2. The molecular formula is C14H11N3O4. The molecule has 0 bridgehead atoms. The van der Waals surface area contributed by atoms with Gasteiger partial charge in [0, 0.05) is 30.5 Å². The van der Waals surface area contributed by atoms with Crippen LogP contribution in [0.5, 0.6) is 0 Å². The van der Waals surface area contributed by atoms with Crippen LogP contribution in [0, 0.1) is 27.2 Å². The smallest absolute Gasteiger partial charge is 0.258 e. The van der Waals surface area contributed by atoms with E-state index in [4.69, 9.17) is 0 Å². The Bertz CT molecular complexity index is 723. The topological polar surface area (TPSA) is 98.6 Å². The van der Waals surface area contributed by atoms with Crippen LogP contribution < -0.4 is 0 Å². The Morgan fingerprint density at radius 1 is 0.952 bits per heavy atom. The molecule has 2 aromatic carbocycles. The first-order valence-electron chi connectivity index (χ1n) is 6.01. The number of nitro groups is 2. The Kier molecular flexibility index (Phi) is 4.03. The van der Waals surface area contributed by atoms with Gasteiger partial charge in [0.1, 0.15) is 0 Å². The predicted octanol–water partition coefficient (Wildman–Crippen LogP) is 3.56. The molecule has 7 heteroatoms. The maximum atomic E-state index is 10.7. The third-order valence-electron chi connectivity index (χ3n) is 2.86. The molecule has 2 rings (SSSR count). The normalized spacial score (nSPS) is 10.7. The molecule has 0 spiro atoms. The minimum atomic E-state index is -0.482. The van der Waals surface area contributed by atoms with Crippen molar-refractivity contribution >= 4 is 23.3 Å². The summed E-state index contributed by atoms with van der Waals surface area (Å²) in [5, 5.41) is 21.3.